The highest BCUT2D eigenvalue weighted by Crippen LogP contribution is 2.19. The summed E-state index contributed by atoms with van der Waals surface area (Å²) in [6.45, 7) is -0.0558. The van der Waals surface area contributed by atoms with Crippen molar-refractivity contribution in [3.63, 3.8) is 0 Å². The summed E-state index contributed by atoms with van der Waals surface area (Å²) in [5, 5.41) is 14.1. The fourth-order valence-electron chi connectivity index (χ4n) is 2.07. The molecule has 0 spiro atoms. The number of carbonyl (C=O) groups is 1. The molecule has 0 saturated carbocycles. The molecule has 23 heavy (non-hydrogen) atoms. The number of tetrazole rings is 1. The minimum Gasteiger partial charge on any atom is -0.484 e. The standard InChI is InChI=1S/C16H15N5O2/c1-21-16(18-19-20-21)12-6-5-7-13(10-12)17-15(22)11-23-14-8-3-2-4-9-14/h2-10H,11H2,1H3,(H,17,22). The third-order valence-corrected chi connectivity index (χ3v) is 3.14. The topological polar surface area (TPSA) is 81.9 Å². The van der Waals surface area contributed by atoms with Crippen LogP contribution in [0.3, 0.4) is 0 Å². The zero-order valence-electron chi connectivity index (χ0n) is 12.5. The number of amides is 1. The molecule has 0 aliphatic carbocycles. The van der Waals surface area contributed by atoms with E-state index in [2.05, 4.69) is 20.8 Å². The van der Waals surface area contributed by atoms with Crippen molar-refractivity contribution in [3.8, 4) is 17.1 Å². The second kappa shape index (κ2) is 6.69. The molecule has 0 bridgehead atoms. The number of para-hydroxylation sites is 1. The van der Waals surface area contributed by atoms with Crippen LogP contribution in [0.25, 0.3) is 11.4 Å². The van der Waals surface area contributed by atoms with Crippen LogP contribution in [0, 0.1) is 0 Å². The SMILES string of the molecule is Cn1nnnc1-c1cccc(NC(=O)COc2ccccc2)c1. The lowest BCUT2D eigenvalue weighted by Crippen LogP contribution is -2.20. The molecule has 7 nitrogen and oxygen atoms in total. The van der Waals surface area contributed by atoms with Gasteiger partial charge in [-0.15, -0.1) is 5.10 Å². The molecular formula is C16H15N5O2. The second-order valence-electron chi connectivity index (χ2n) is 4.86. The zero-order valence-corrected chi connectivity index (χ0v) is 12.5. The van der Waals surface area contributed by atoms with E-state index >= 15 is 0 Å². The number of nitrogens with one attached hydrogen (secondary N) is 1. The summed E-state index contributed by atoms with van der Waals surface area (Å²) < 4.78 is 6.98. The van der Waals surface area contributed by atoms with Crippen LogP contribution in [-0.2, 0) is 11.8 Å². The van der Waals surface area contributed by atoms with Gasteiger partial charge >= 0.3 is 0 Å². The molecule has 0 saturated heterocycles. The highest BCUT2D eigenvalue weighted by Gasteiger charge is 2.08. The lowest BCUT2D eigenvalue weighted by Gasteiger charge is -2.08. The van der Waals surface area contributed by atoms with Crippen LogP contribution in [-0.4, -0.2) is 32.7 Å². The summed E-state index contributed by atoms with van der Waals surface area (Å²) in [4.78, 5) is 12.0. The Labute approximate surface area is 132 Å². The Morgan fingerprint density at radius 2 is 2.00 bits per heavy atom. The first-order valence-electron chi connectivity index (χ1n) is 7.03. The average Bonchev–Trinajstić information content (AvgIpc) is 3.00. The lowest BCUT2D eigenvalue weighted by molar-refractivity contribution is -0.118. The van der Waals surface area contributed by atoms with E-state index < -0.39 is 0 Å². The van der Waals surface area contributed by atoms with Gasteiger partial charge in [0.05, 0.1) is 0 Å². The van der Waals surface area contributed by atoms with Gasteiger partial charge in [-0.3, -0.25) is 4.79 Å². The van der Waals surface area contributed by atoms with Gasteiger partial charge in [-0.25, -0.2) is 4.68 Å². The van der Waals surface area contributed by atoms with E-state index in [4.69, 9.17) is 4.74 Å². The number of aromatic nitrogens is 4. The van der Waals surface area contributed by atoms with Gasteiger partial charge in [0.25, 0.3) is 5.91 Å². The van der Waals surface area contributed by atoms with Crippen molar-refractivity contribution in [2.75, 3.05) is 11.9 Å². The van der Waals surface area contributed by atoms with E-state index in [0.29, 0.717) is 17.3 Å². The summed E-state index contributed by atoms with van der Waals surface area (Å²) >= 11 is 0. The van der Waals surface area contributed by atoms with Crippen molar-refractivity contribution in [2.24, 2.45) is 7.05 Å². The third-order valence-electron chi connectivity index (χ3n) is 3.14. The van der Waals surface area contributed by atoms with Crippen LogP contribution < -0.4 is 10.1 Å². The summed E-state index contributed by atoms with van der Waals surface area (Å²) in [5.41, 5.74) is 1.48. The predicted octanol–water partition coefficient (Wildman–Crippen LogP) is 1.89. The molecular weight excluding hydrogens is 294 g/mol. The lowest BCUT2D eigenvalue weighted by atomic mass is 10.2. The van der Waals surface area contributed by atoms with Crippen molar-refractivity contribution in [1.29, 1.82) is 0 Å². The number of carbonyl (C=O) groups excluding carboxylic acids is 1. The van der Waals surface area contributed by atoms with Crippen molar-refractivity contribution >= 4 is 11.6 Å². The normalized spacial score (nSPS) is 10.3. The number of hydrogen-bond donors (Lipinski definition) is 1. The van der Waals surface area contributed by atoms with Crippen molar-refractivity contribution in [1.82, 2.24) is 20.2 Å². The Kier molecular flexibility index (Phi) is 4.28. The summed E-state index contributed by atoms with van der Waals surface area (Å²) in [5.74, 6) is 1.05. The van der Waals surface area contributed by atoms with Gasteiger partial charge in [0.15, 0.2) is 12.4 Å². The van der Waals surface area contributed by atoms with Gasteiger partial charge < -0.3 is 10.1 Å². The highest BCUT2D eigenvalue weighted by atomic mass is 16.5. The minimum atomic E-state index is -0.234. The van der Waals surface area contributed by atoms with E-state index in [1.165, 1.54) is 0 Å². The maximum absolute atomic E-state index is 12.0. The van der Waals surface area contributed by atoms with Gasteiger partial charge in [0.2, 0.25) is 0 Å². The number of nitrogens with zero attached hydrogens (tertiary/aromatic N) is 4. The van der Waals surface area contributed by atoms with Crippen LogP contribution in [0.1, 0.15) is 0 Å². The molecule has 0 aliphatic heterocycles. The molecule has 1 amide bonds. The Balaban J connectivity index is 1.64. The molecule has 0 aliphatic rings. The number of anilines is 1. The van der Waals surface area contributed by atoms with E-state index in [9.17, 15) is 4.79 Å². The molecule has 3 rings (SSSR count). The molecule has 116 valence electrons. The van der Waals surface area contributed by atoms with Gasteiger partial charge in [0, 0.05) is 18.3 Å². The van der Waals surface area contributed by atoms with Crippen molar-refractivity contribution < 1.29 is 9.53 Å². The molecule has 3 aromatic rings. The van der Waals surface area contributed by atoms with E-state index in [-0.39, 0.29) is 12.5 Å². The fraction of sp³-hybridized carbons (Fsp3) is 0.125. The van der Waals surface area contributed by atoms with Crippen LogP contribution >= 0.6 is 0 Å². The largest absolute Gasteiger partial charge is 0.484 e. The number of ether oxygens (including phenoxy) is 1. The van der Waals surface area contributed by atoms with Gasteiger partial charge in [0.1, 0.15) is 5.75 Å². The summed E-state index contributed by atoms with van der Waals surface area (Å²) in [7, 11) is 1.76. The monoisotopic (exact) mass is 309 g/mol. The number of hydrogen-bond acceptors (Lipinski definition) is 5. The molecule has 7 heteroatoms. The van der Waals surface area contributed by atoms with Gasteiger partial charge in [-0.2, -0.15) is 0 Å². The van der Waals surface area contributed by atoms with E-state index in [1.54, 1.807) is 29.9 Å². The number of benzene rings is 2. The maximum Gasteiger partial charge on any atom is 0.262 e. The van der Waals surface area contributed by atoms with Crippen LogP contribution in [0.15, 0.2) is 54.6 Å². The smallest absolute Gasteiger partial charge is 0.262 e. The Morgan fingerprint density at radius 3 is 2.74 bits per heavy atom. The van der Waals surface area contributed by atoms with Crippen LogP contribution in [0.4, 0.5) is 5.69 Å². The Morgan fingerprint density at radius 1 is 1.17 bits per heavy atom. The predicted molar refractivity (Wildman–Crippen MR) is 84.8 cm³/mol. The van der Waals surface area contributed by atoms with E-state index in [0.717, 1.165) is 5.56 Å². The molecule has 1 heterocycles. The quantitative estimate of drug-likeness (QED) is 0.778. The number of rotatable bonds is 5. The average molecular weight is 309 g/mol. The van der Waals surface area contributed by atoms with Crippen LogP contribution in [0.2, 0.25) is 0 Å². The molecule has 1 N–H and O–H groups in total. The Hall–Kier alpha value is -3.22. The molecule has 2 aromatic carbocycles. The highest BCUT2D eigenvalue weighted by molar-refractivity contribution is 5.92. The number of aryl methyl sites for hydroxylation is 1. The zero-order chi connectivity index (χ0) is 16.1. The molecule has 1 aromatic heterocycles. The fourth-order valence-corrected chi connectivity index (χ4v) is 2.07. The van der Waals surface area contributed by atoms with Gasteiger partial charge in [-0.1, -0.05) is 30.3 Å². The summed E-state index contributed by atoms with van der Waals surface area (Å²) in [6.07, 6.45) is 0. The Bertz CT molecular complexity index is 801. The molecule has 0 radical (unpaired) electrons. The van der Waals surface area contributed by atoms with Gasteiger partial charge in [-0.05, 0) is 34.7 Å². The first-order valence-corrected chi connectivity index (χ1v) is 7.03. The minimum absolute atomic E-state index is 0.0558. The van der Waals surface area contributed by atoms with Crippen LogP contribution in [0.5, 0.6) is 5.75 Å². The first-order chi connectivity index (χ1) is 11.2. The molecule has 0 unspecified atom stereocenters. The second-order valence-corrected chi connectivity index (χ2v) is 4.86. The maximum atomic E-state index is 12.0. The van der Waals surface area contributed by atoms with Crippen molar-refractivity contribution in [3.05, 3.63) is 54.6 Å². The van der Waals surface area contributed by atoms with Crippen molar-refractivity contribution in [2.45, 2.75) is 0 Å². The molecule has 0 atom stereocenters. The third kappa shape index (κ3) is 3.70. The summed E-state index contributed by atoms with van der Waals surface area (Å²) in [6, 6.07) is 16.5. The molecule has 0 fully saturated rings. The first kappa shape index (κ1) is 14.7. The van der Waals surface area contributed by atoms with E-state index in [1.807, 2.05) is 36.4 Å².